The van der Waals surface area contributed by atoms with Gasteiger partial charge in [0.05, 0.1) is 0 Å². The van der Waals surface area contributed by atoms with E-state index in [-0.39, 0.29) is 0 Å². The Morgan fingerprint density at radius 3 is 2.22 bits per heavy atom. The van der Waals surface area contributed by atoms with Gasteiger partial charge in [0.2, 0.25) is 0 Å². The van der Waals surface area contributed by atoms with Crippen molar-refractivity contribution in [3.05, 3.63) is 36.1 Å². The molecule has 0 amide bonds. The Kier molecular flexibility index (Phi) is 2.17. The fourth-order valence-electron chi connectivity index (χ4n) is 0.634. The molecule has 0 fully saturated rings. The van der Waals surface area contributed by atoms with Gasteiger partial charge in [-0.3, -0.25) is 0 Å². The quantitative estimate of drug-likeness (QED) is 0.536. The molecule has 47 valence electrons. The molecular weight excluding hydrogens is 128 g/mol. The van der Waals surface area contributed by atoms with Gasteiger partial charge in [-0.2, -0.15) is 0 Å². The fraction of sp³-hybridized carbons (Fsp3) is 0.125. The Morgan fingerprint density at radius 2 is 1.78 bits per heavy atom. The zero-order valence-corrected chi connectivity index (χ0v) is 6.24. The normalized spacial score (nSPS) is 9.56. The minimum atomic E-state index is 1.22. The first-order valence-corrected chi connectivity index (χ1v) is 3.80. The summed E-state index contributed by atoms with van der Waals surface area (Å²) < 4.78 is 0. The zero-order chi connectivity index (χ0) is 6.69. The Bertz CT molecular complexity index is 176. The SMILES string of the molecule is [CH2]Sc1ccc(C)cc1. The second-order valence-corrected chi connectivity index (χ2v) is 2.72. The van der Waals surface area contributed by atoms with E-state index >= 15 is 0 Å². The number of benzene rings is 1. The lowest BCUT2D eigenvalue weighted by atomic mass is 10.2. The zero-order valence-electron chi connectivity index (χ0n) is 5.42. The molecule has 0 saturated carbocycles. The summed E-state index contributed by atoms with van der Waals surface area (Å²) in [6, 6.07) is 8.33. The fourth-order valence-corrected chi connectivity index (χ4v) is 0.963. The first kappa shape index (κ1) is 6.69. The molecule has 0 aliphatic heterocycles. The van der Waals surface area contributed by atoms with Crippen molar-refractivity contribution in [1.29, 1.82) is 0 Å². The van der Waals surface area contributed by atoms with E-state index in [9.17, 15) is 0 Å². The summed E-state index contributed by atoms with van der Waals surface area (Å²) in [6.45, 7) is 2.08. The maximum atomic E-state index is 3.70. The molecule has 0 aliphatic rings. The number of hydrogen-bond donors (Lipinski definition) is 0. The maximum Gasteiger partial charge on any atom is 0.00745 e. The predicted octanol–water partition coefficient (Wildman–Crippen LogP) is 2.88. The molecule has 0 atom stereocenters. The van der Waals surface area contributed by atoms with Gasteiger partial charge in [0.1, 0.15) is 0 Å². The first-order valence-electron chi connectivity index (χ1n) is 2.81. The number of rotatable bonds is 1. The van der Waals surface area contributed by atoms with Gasteiger partial charge in [-0.25, -0.2) is 0 Å². The molecule has 0 unspecified atom stereocenters. The van der Waals surface area contributed by atoms with Crippen molar-refractivity contribution < 1.29 is 0 Å². The lowest BCUT2D eigenvalue weighted by Crippen LogP contribution is -1.69. The van der Waals surface area contributed by atoms with Crippen LogP contribution in [0.25, 0.3) is 0 Å². The Morgan fingerprint density at radius 1 is 1.22 bits per heavy atom. The average molecular weight is 137 g/mol. The van der Waals surface area contributed by atoms with Crippen LogP contribution in [0.15, 0.2) is 29.2 Å². The summed E-state index contributed by atoms with van der Waals surface area (Å²) in [5.74, 6) is 0. The van der Waals surface area contributed by atoms with Gasteiger partial charge in [-0.1, -0.05) is 17.7 Å². The van der Waals surface area contributed by atoms with Crippen molar-refractivity contribution in [3.63, 3.8) is 0 Å². The van der Waals surface area contributed by atoms with Gasteiger partial charge in [-0.15, -0.1) is 11.8 Å². The number of thioether (sulfide) groups is 1. The van der Waals surface area contributed by atoms with E-state index in [0.29, 0.717) is 0 Å². The van der Waals surface area contributed by atoms with Crippen molar-refractivity contribution in [2.24, 2.45) is 0 Å². The lowest BCUT2D eigenvalue weighted by molar-refractivity contribution is 1.38. The molecular formula is C8H9S. The maximum absolute atomic E-state index is 3.70. The lowest BCUT2D eigenvalue weighted by Gasteiger charge is -1.93. The monoisotopic (exact) mass is 137 g/mol. The van der Waals surface area contributed by atoms with Crippen LogP contribution in [0.2, 0.25) is 0 Å². The average Bonchev–Trinajstić information content (AvgIpc) is 1.90. The summed E-state index contributed by atoms with van der Waals surface area (Å²) >= 11 is 1.53. The van der Waals surface area contributed by atoms with Crippen LogP contribution in [0.5, 0.6) is 0 Å². The van der Waals surface area contributed by atoms with Crippen LogP contribution in [0.3, 0.4) is 0 Å². The third-order valence-electron chi connectivity index (χ3n) is 1.19. The smallest absolute Gasteiger partial charge is 0.00745 e. The molecule has 1 heteroatoms. The van der Waals surface area contributed by atoms with Crippen LogP contribution in [-0.2, 0) is 0 Å². The Hall–Kier alpha value is -0.430. The number of aryl methyl sites for hydroxylation is 1. The summed E-state index contributed by atoms with van der Waals surface area (Å²) in [4.78, 5) is 1.22. The molecule has 0 spiro atoms. The van der Waals surface area contributed by atoms with Crippen molar-refractivity contribution in [1.82, 2.24) is 0 Å². The topological polar surface area (TPSA) is 0 Å². The van der Waals surface area contributed by atoms with Crippen LogP contribution in [-0.4, -0.2) is 0 Å². The highest BCUT2D eigenvalue weighted by Crippen LogP contribution is 2.15. The van der Waals surface area contributed by atoms with Crippen molar-refractivity contribution in [2.75, 3.05) is 0 Å². The van der Waals surface area contributed by atoms with E-state index < -0.39 is 0 Å². The molecule has 0 N–H and O–H groups in total. The third-order valence-corrected chi connectivity index (χ3v) is 1.79. The Balaban J connectivity index is 2.88. The van der Waals surface area contributed by atoms with Crippen LogP contribution in [0.1, 0.15) is 5.56 Å². The van der Waals surface area contributed by atoms with Crippen LogP contribution in [0.4, 0.5) is 0 Å². The molecule has 0 saturated heterocycles. The van der Waals surface area contributed by atoms with Crippen molar-refractivity contribution >= 4 is 11.8 Å². The largest absolute Gasteiger partial charge is 0.125 e. The predicted molar refractivity (Wildman–Crippen MR) is 42.4 cm³/mol. The molecule has 9 heavy (non-hydrogen) atoms. The van der Waals surface area contributed by atoms with E-state index in [0.717, 1.165) is 0 Å². The second-order valence-electron chi connectivity index (χ2n) is 1.96. The van der Waals surface area contributed by atoms with Gasteiger partial charge in [-0.05, 0) is 19.1 Å². The van der Waals surface area contributed by atoms with Crippen molar-refractivity contribution in [3.8, 4) is 0 Å². The molecule has 0 aromatic heterocycles. The molecule has 1 aromatic rings. The van der Waals surface area contributed by atoms with Gasteiger partial charge >= 0.3 is 0 Å². The van der Waals surface area contributed by atoms with Crippen LogP contribution < -0.4 is 0 Å². The minimum Gasteiger partial charge on any atom is -0.125 e. The Labute approximate surface area is 60.3 Å². The van der Waals surface area contributed by atoms with Gasteiger partial charge in [0.25, 0.3) is 0 Å². The summed E-state index contributed by atoms with van der Waals surface area (Å²) in [5.41, 5.74) is 1.30. The molecule has 0 nitrogen and oxygen atoms in total. The summed E-state index contributed by atoms with van der Waals surface area (Å²) in [5, 5.41) is 0. The summed E-state index contributed by atoms with van der Waals surface area (Å²) in [7, 11) is 0. The van der Waals surface area contributed by atoms with E-state index in [1.165, 1.54) is 22.2 Å². The molecule has 1 radical (unpaired) electrons. The van der Waals surface area contributed by atoms with E-state index in [2.05, 4.69) is 37.4 Å². The minimum absolute atomic E-state index is 1.22. The highest BCUT2D eigenvalue weighted by Gasteiger charge is 1.85. The number of hydrogen-bond acceptors (Lipinski definition) is 1. The standard InChI is InChI=1S/C8H9S/c1-7-3-5-8(9-2)6-4-7/h3-6H,2H2,1H3. The highest BCUT2D eigenvalue weighted by atomic mass is 32.2. The summed E-state index contributed by atoms with van der Waals surface area (Å²) in [6.07, 6.45) is 3.70. The van der Waals surface area contributed by atoms with Gasteiger partial charge in [0.15, 0.2) is 0 Å². The van der Waals surface area contributed by atoms with Gasteiger partial charge < -0.3 is 0 Å². The third kappa shape index (κ3) is 1.75. The van der Waals surface area contributed by atoms with Crippen LogP contribution in [0, 0.1) is 13.2 Å². The molecule has 0 aliphatic carbocycles. The molecule has 0 heterocycles. The van der Waals surface area contributed by atoms with Crippen molar-refractivity contribution in [2.45, 2.75) is 11.8 Å². The van der Waals surface area contributed by atoms with Crippen LogP contribution >= 0.6 is 11.8 Å². The second kappa shape index (κ2) is 2.92. The van der Waals surface area contributed by atoms with E-state index in [1.54, 1.807) is 0 Å². The molecule has 1 rings (SSSR count). The van der Waals surface area contributed by atoms with E-state index in [4.69, 9.17) is 0 Å². The molecule has 0 bridgehead atoms. The van der Waals surface area contributed by atoms with E-state index in [1.807, 2.05) is 0 Å². The first-order chi connectivity index (χ1) is 4.33. The van der Waals surface area contributed by atoms with Gasteiger partial charge in [0, 0.05) is 11.2 Å². The molecule has 1 aromatic carbocycles. The highest BCUT2D eigenvalue weighted by molar-refractivity contribution is 8.00.